The van der Waals surface area contributed by atoms with Gasteiger partial charge in [0, 0.05) is 24.3 Å². The molecule has 15 heavy (non-hydrogen) atoms. The Balaban J connectivity index is 3.97. The highest BCUT2D eigenvalue weighted by atomic mass is 32.2. The van der Waals surface area contributed by atoms with Gasteiger partial charge < -0.3 is 10.4 Å². The molecule has 0 rings (SSSR count). The lowest BCUT2D eigenvalue weighted by Gasteiger charge is -2.19. The van der Waals surface area contributed by atoms with Gasteiger partial charge in [0.25, 0.3) is 0 Å². The van der Waals surface area contributed by atoms with Gasteiger partial charge in [0.2, 0.25) is 5.91 Å². The van der Waals surface area contributed by atoms with Crippen molar-refractivity contribution in [3.05, 3.63) is 0 Å². The number of amides is 1. The van der Waals surface area contributed by atoms with Crippen LogP contribution in [0.5, 0.6) is 0 Å². The predicted octanol–water partition coefficient (Wildman–Crippen LogP) is 1.65. The second kappa shape index (κ2) is 9.04. The molecule has 4 heteroatoms. The van der Waals surface area contributed by atoms with Crippen LogP contribution in [0.25, 0.3) is 0 Å². The van der Waals surface area contributed by atoms with Gasteiger partial charge in [0.15, 0.2) is 0 Å². The molecule has 0 heterocycles. The number of carbonyl (C=O) groups is 1. The van der Waals surface area contributed by atoms with Gasteiger partial charge in [0.05, 0.1) is 0 Å². The molecule has 0 radical (unpaired) electrons. The van der Waals surface area contributed by atoms with Gasteiger partial charge in [-0.05, 0) is 19.1 Å². The van der Waals surface area contributed by atoms with E-state index < -0.39 is 0 Å². The van der Waals surface area contributed by atoms with E-state index >= 15 is 0 Å². The fraction of sp³-hybridized carbons (Fsp3) is 0.909. The third-order valence-electron chi connectivity index (χ3n) is 2.36. The van der Waals surface area contributed by atoms with Crippen LogP contribution in [-0.2, 0) is 4.79 Å². The van der Waals surface area contributed by atoms with E-state index in [1.165, 1.54) is 0 Å². The fourth-order valence-corrected chi connectivity index (χ4v) is 2.11. The molecule has 3 nitrogen and oxygen atoms in total. The van der Waals surface area contributed by atoms with Crippen LogP contribution in [0.2, 0.25) is 0 Å². The molecule has 0 saturated heterocycles. The molecule has 90 valence electrons. The number of aliphatic hydroxyl groups excluding tert-OH is 1. The van der Waals surface area contributed by atoms with E-state index in [2.05, 4.69) is 12.2 Å². The average Bonchev–Trinajstić information content (AvgIpc) is 2.18. The van der Waals surface area contributed by atoms with E-state index in [1.54, 1.807) is 11.8 Å². The summed E-state index contributed by atoms with van der Waals surface area (Å²) in [6.45, 7) is 4.17. The molecule has 0 aliphatic rings. The topological polar surface area (TPSA) is 49.3 Å². The van der Waals surface area contributed by atoms with Crippen molar-refractivity contribution in [3.63, 3.8) is 0 Å². The monoisotopic (exact) mass is 233 g/mol. The average molecular weight is 233 g/mol. The SMILES string of the molecule is CCCC(C)C(=O)NC(CCO)CSC. The van der Waals surface area contributed by atoms with Crippen LogP contribution in [0, 0.1) is 5.92 Å². The zero-order valence-electron chi connectivity index (χ0n) is 9.95. The summed E-state index contributed by atoms with van der Waals surface area (Å²) < 4.78 is 0. The molecular formula is C11H23NO2S. The van der Waals surface area contributed by atoms with Gasteiger partial charge in [-0.3, -0.25) is 4.79 Å². The molecule has 0 aromatic heterocycles. The number of hydrogen-bond acceptors (Lipinski definition) is 3. The third kappa shape index (κ3) is 6.79. The second-order valence-corrected chi connectivity index (χ2v) is 4.77. The van der Waals surface area contributed by atoms with Crippen molar-refractivity contribution < 1.29 is 9.90 Å². The number of nitrogens with one attached hydrogen (secondary N) is 1. The summed E-state index contributed by atoms with van der Waals surface area (Å²) in [5.41, 5.74) is 0. The lowest BCUT2D eigenvalue weighted by molar-refractivity contribution is -0.125. The minimum absolute atomic E-state index is 0.0815. The summed E-state index contributed by atoms with van der Waals surface area (Å²) in [7, 11) is 0. The highest BCUT2D eigenvalue weighted by molar-refractivity contribution is 7.98. The normalized spacial score (nSPS) is 14.7. The molecule has 0 aromatic carbocycles. The summed E-state index contributed by atoms with van der Waals surface area (Å²) in [6, 6.07) is 0.108. The first kappa shape index (κ1) is 14.8. The van der Waals surface area contributed by atoms with E-state index in [0.717, 1.165) is 18.6 Å². The van der Waals surface area contributed by atoms with Gasteiger partial charge in [-0.15, -0.1) is 0 Å². The highest BCUT2D eigenvalue weighted by Crippen LogP contribution is 2.07. The standard InChI is InChI=1S/C11H23NO2S/c1-4-5-9(2)11(14)12-10(6-7-13)8-15-3/h9-10,13H,4-8H2,1-3H3,(H,12,14). The van der Waals surface area contributed by atoms with Crippen molar-refractivity contribution in [2.24, 2.45) is 5.92 Å². The van der Waals surface area contributed by atoms with Gasteiger partial charge in [-0.25, -0.2) is 0 Å². The highest BCUT2D eigenvalue weighted by Gasteiger charge is 2.16. The first-order valence-electron chi connectivity index (χ1n) is 5.55. The molecule has 2 N–H and O–H groups in total. The zero-order chi connectivity index (χ0) is 11.7. The molecule has 0 fully saturated rings. The van der Waals surface area contributed by atoms with Crippen molar-refractivity contribution in [2.45, 2.75) is 39.2 Å². The summed E-state index contributed by atoms with van der Waals surface area (Å²) in [5.74, 6) is 1.06. The Morgan fingerprint density at radius 2 is 2.13 bits per heavy atom. The van der Waals surface area contributed by atoms with Crippen LogP contribution in [0.1, 0.15) is 33.1 Å². The van der Waals surface area contributed by atoms with E-state index in [9.17, 15) is 4.79 Å². The van der Waals surface area contributed by atoms with Gasteiger partial charge in [0.1, 0.15) is 0 Å². The predicted molar refractivity (Wildman–Crippen MR) is 66.1 cm³/mol. The van der Waals surface area contributed by atoms with Gasteiger partial charge in [-0.1, -0.05) is 20.3 Å². The van der Waals surface area contributed by atoms with E-state index in [1.807, 2.05) is 13.2 Å². The number of aliphatic hydroxyl groups is 1. The smallest absolute Gasteiger partial charge is 0.223 e. The quantitative estimate of drug-likeness (QED) is 0.670. The second-order valence-electron chi connectivity index (χ2n) is 3.86. The summed E-state index contributed by atoms with van der Waals surface area (Å²) >= 11 is 1.69. The first-order chi connectivity index (χ1) is 7.15. The third-order valence-corrected chi connectivity index (χ3v) is 3.10. The maximum atomic E-state index is 11.7. The Kier molecular flexibility index (Phi) is 8.91. The summed E-state index contributed by atoms with van der Waals surface area (Å²) in [5, 5.41) is 11.8. The van der Waals surface area contributed by atoms with Crippen molar-refractivity contribution in [1.29, 1.82) is 0 Å². The largest absolute Gasteiger partial charge is 0.396 e. The number of hydrogen-bond donors (Lipinski definition) is 2. The molecule has 2 atom stereocenters. The number of carbonyl (C=O) groups excluding carboxylic acids is 1. The molecule has 1 amide bonds. The van der Waals surface area contributed by atoms with Crippen molar-refractivity contribution >= 4 is 17.7 Å². The van der Waals surface area contributed by atoms with Crippen LogP contribution in [0.15, 0.2) is 0 Å². The summed E-state index contributed by atoms with van der Waals surface area (Å²) in [4.78, 5) is 11.7. The maximum absolute atomic E-state index is 11.7. The minimum atomic E-state index is 0.0815. The van der Waals surface area contributed by atoms with Crippen molar-refractivity contribution in [1.82, 2.24) is 5.32 Å². The Labute approximate surface area is 97.0 Å². The van der Waals surface area contributed by atoms with Gasteiger partial charge >= 0.3 is 0 Å². The molecule has 0 aliphatic heterocycles. The molecular weight excluding hydrogens is 210 g/mol. The molecule has 0 saturated carbocycles. The van der Waals surface area contributed by atoms with E-state index in [0.29, 0.717) is 6.42 Å². The lowest BCUT2D eigenvalue weighted by atomic mass is 10.0. The molecule has 0 aromatic rings. The number of thioether (sulfide) groups is 1. The molecule has 0 aliphatic carbocycles. The number of rotatable bonds is 8. The van der Waals surface area contributed by atoms with Crippen molar-refractivity contribution in [3.8, 4) is 0 Å². The Morgan fingerprint density at radius 3 is 2.60 bits per heavy atom. The molecule has 0 bridgehead atoms. The molecule has 0 spiro atoms. The van der Waals surface area contributed by atoms with Crippen LogP contribution >= 0.6 is 11.8 Å². The van der Waals surface area contributed by atoms with Crippen LogP contribution < -0.4 is 5.32 Å². The minimum Gasteiger partial charge on any atom is -0.396 e. The van der Waals surface area contributed by atoms with E-state index in [-0.39, 0.29) is 24.5 Å². The van der Waals surface area contributed by atoms with Crippen LogP contribution in [-0.4, -0.2) is 35.7 Å². The maximum Gasteiger partial charge on any atom is 0.223 e. The van der Waals surface area contributed by atoms with Crippen LogP contribution in [0.3, 0.4) is 0 Å². The zero-order valence-corrected chi connectivity index (χ0v) is 10.8. The molecule has 2 unspecified atom stereocenters. The Morgan fingerprint density at radius 1 is 1.47 bits per heavy atom. The van der Waals surface area contributed by atoms with Gasteiger partial charge in [-0.2, -0.15) is 11.8 Å². The lowest BCUT2D eigenvalue weighted by Crippen LogP contribution is -2.40. The van der Waals surface area contributed by atoms with E-state index in [4.69, 9.17) is 5.11 Å². The first-order valence-corrected chi connectivity index (χ1v) is 6.95. The Hall–Kier alpha value is -0.220. The van der Waals surface area contributed by atoms with Crippen LogP contribution in [0.4, 0.5) is 0 Å². The fourth-order valence-electron chi connectivity index (χ4n) is 1.46. The Bertz CT molecular complexity index is 170. The summed E-state index contributed by atoms with van der Waals surface area (Å²) in [6.07, 6.45) is 4.61. The van der Waals surface area contributed by atoms with Crippen molar-refractivity contribution in [2.75, 3.05) is 18.6 Å².